The van der Waals surface area contributed by atoms with Gasteiger partial charge in [-0.1, -0.05) is 146 Å². The molecule has 0 aliphatic heterocycles. The van der Waals surface area contributed by atoms with Gasteiger partial charge in [-0.2, -0.15) is 9.13 Å². The van der Waals surface area contributed by atoms with Crippen molar-refractivity contribution in [3.8, 4) is 39.8 Å². The number of pyridine rings is 1. The molecule has 0 amide bonds. The molecule has 0 fully saturated rings. The maximum absolute atomic E-state index is 6.92. The molecule has 0 N–H and O–H groups in total. The predicted molar refractivity (Wildman–Crippen MR) is 337 cm³/mol. The maximum atomic E-state index is 6.92. The highest BCUT2D eigenvalue weighted by molar-refractivity contribution is 6.24. The lowest BCUT2D eigenvalue weighted by Crippen LogP contribution is -2.31. The van der Waals surface area contributed by atoms with Crippen LogP contribution in [-0.2, 0) is 27.1 Å². The van der Waals surface area contributed by atoms with Gasteiger partial charge in [-0.3, -0.25) is 4.57 Å². The van der Waals surface area contributed by atoms with Gasteiger partial charge in [-0.15, -0.1) is 0 Å². The first kappa shape index (κ1) is 51.2. The fourth-order valence-electron chi connectivity index (χ4n) is 12.1. The second kappa shape index (κ2) is 17.6. The largest absolute Gasteiger partial charge is 0.457 e. The molecule has 0 saturated heterocycles. The van der Waals surface area contributed by atoms with E-state index in [1.54, 1.807) is 0 Å². The van der Waals surface area contributed by atoms with Crippen molar-refractivity contribution in [2.75, 3.05) is 0 Å². The molecule has 13 aromatic rings. The van der Waals surface area contributed by atoms with Crippen LogP contribution >= 0.6 is 0 Å². The van der Waals surface area contributed by atoms with Crippen LogP contribution in [0.15, 0.2) is 176 Å². The summed E-state index contributed by atoms with van der Waals surface area (Å²) in [5, 5.41) is 7.53. The highest BCUT2D eigenvalue weighted by atomic mass is 16.5. The molecule has 0 aliphatic carbocycles. The van der Waals surface area contributed by atoms with Crippen LogP contribution in [0, 0.1) is 0 Å². The van der Waals surface area contributed by atoms with Gasteiger partial charge in [0.15, 0.2) is 11.0 Å². The number of para-hydroxylation sites is 2. The summed E-state index contributed by atoms with van der Waals surface area (Å²) in [7, 11) is 0. The lowest BCUT2D eigenvalue weighted by atomic mass is 9.80. The molecule has 13 rings (SSSR count). The molecule has 0 unspecified atom stereocenters. The van der Waals surface area contributed by atoms with E-state index in [9.17, 15) is 0 Å². The minimum absolute atomic E-state index is 0.00709. The number of rotatable bonds is 6. The summed E-state index contributed by atoms with van der Waals surface area (Å²) in [6, 6.07) is 61.2. The Labute approximate surface area is 471 Å². The Balaban J connectivity index is 0.924. The highest BCUT2D eigenvalue weighted by Crippen LogP contribution is 2.45. The average molecular weight is 1050 g/mol. The molecule has 6 heteroatoms. The monoisotopic (exact) mass is 1050 g/mol. The molecule has 0 atom stereocenters. The summed E-state index contributed by atoms with van der Waals surface area (Å²) >= 11 is 0. The van der Waals surface area contributed by atoms with Crippen molar-refractivity contribution in [2.45, 2.75) is 131 Å². The van der Waals surface area contributed by atoms with Crippen molar-refractivity contribution < 1.29 is 9.30 Å². The van der Waals surface area contributed by atoms with Gasteiger partial charge in [-0.05, 0) is 175 Å². The number of imidazole rings is 1. The van der Waals surface area contributed by atoms with Gasteiger partial charge in [0.05, 0.1) is 27.6 Å². The van der Waals surface area contributed by atoms with E-state index >= 15 is 0 Å². The molecule has 5 aromatic heterocycles. The fraction of sp³-hybridized carbons (Fsp3) is 0.270. The summed E-state index contributed by atoms with van der Waals surface area (Å²) in [4.78, 5) is 5.07. The number of aromatic nitrogens is 5. The number of ether oxygens (including phenoxy) is 1. The summed E-state index contributed by atoms with van der Waals surface area (Å²) in [6.45, 7) is 34.5. The third kappa shape index (κ3) is 8.52. The van der Waals surface area contributed by atoms with E-state index < -0.39 is 0 Å². The lowest BCUT2D eigenvalue weighted by molar-refractivity contribution is -0.567. The summed E-state index contributed by atoms with van der Waals surface area (Å²) in [6.07, 6.45) is 4.18. The van der Waals surface area contributed by atoms with E-state index in [4.69, 9.17) is 9.72 Å². The number of benzene rings is 8. The average Bonchev–Trinajstić information content (AvgIpc) is 2.59. The Morgan fingerprint density at radius 1 is 0.388 bits per heavy atom. The highest BCUT2D eigenvalue weighted by Gasteiger charge is 2.28. The van der Waals surface area contributed by atoms with Crippen LogP contribution in [0.4, 0.5) is 0 Å². The van der Waals surface area contributed by atoms with E-state index in [0.29, 0.717) is 0 Å². The fourth-order valence-corrected chi connectivity index (χ4v) is 12.1. The van der Waals surface area contributed by atoms with Crippen LogP contribution in [0.3, 0.4) is 0 Å². The first-order valence-electron chi connectivity index (χ1n) is 28.6. The minimum atomic E-state index is -0.0624. The standard InChI is InChI=1S/C74H74N5O/c1-70(2,3)47-25-30-64-59(38-47)61-40-51(74(13,14)15)39-60-58-34-46(24-29-63(58)79(64)69(60)61)45-23-28-62-57(33-45)56-27-26-55(43-67(56)78(62)68-41-48(31-32-75-68)71(4,5)6)80-54-20-18-19-52(42-54)76-44-77(66-22-17-16-21-65(66)76)53-36-49(72(7,8)9)35-50(37-53)73(10,11)12/h16-44H,1-15H3/q+1. The van der Waals surface area contributed by atoms with Crippen molar-refractivity contribution >= 4 is 70.9 Å². The molecule has 0 saturated carbocycles. The molecule has 400 valence electrons. The summed E-state index contributed by atoms with van der Waals surface area (Å²) in [5.74, 6) is 2.38. The predicted octanol–water partition coefficient (Wildman–Crippen LogP) is 19.5. The van der Waals surface area contributed by atoms with Crippen molar-refractivity contribution in [2.24, 2.45) is 0 Å². The van der Waals surface area contributed by atoms with E-state index in [-0.39, 0.29) is 27.1 Å². The minimum Gasteiger partial charge on any atom is -0.457 e. The number of hydrogen-bond donors (Lipinski definition) is 0. The number of nitrogens with zero attached hydrogens (tertiary/aromatic N) is 5. The van der Waals surface area contributed by atoms with Gasteiger partial charge in [-0.25, -0.2) is 4.98 Å². The smallest absolute Gasteiger partial charge is 0.255 e. The van der Waals surface area contributed by atoms with Crippen LogP contribution in [-0.4, -0.2) is 18.5 Å². The maximum Gasteiger partial charge on any atom is 0.255 e. The first-order valence-corrected chi connectivity index (χ1v) is 28.6. The zero-order valence-corrected chi connectivity index (χ0v) is 49.4. The zero-order chi connectivity index (χ0) is 56.2. The van der Waals surface area contributed by atoms with Gasteiger partial charge in [0, 0.05) is 50.6 Å². The zero-order valence-electron chi connectivity index (χ0n) is 49.4. The topological polar surface area (TPSA) is 40.3 Å². The molecule has 0 radical (unpaired) electrons. The third-order valence-electron chi connectivity index (χ3n) is 16.9. The molecule has 5 heterocycles. The molecular formula is C74H74N5O+. The Kier molecular flexibility index (Phi) is 11.3. The van der Waals surface area contributed by atoms with Crippen LogP contribution in [0.25, 0.3) is 99.3 Å². The van der Waals surface area contributed by atoms with Crippen LogP contribution in [0.2, 0.25) is 0 Å². The first-order chi connectivity index (χ1) is 37.8. The van der Waals surface area contributed by atoms with E-state index in [2.05, 4.69) is 292 Å². The molecule has 6 nitrogen and oxygen atoms in total. The van der Waals surface area contributed by atoms with Gasteiger partial charge in [0.2, 0.25) is 0 Å². The molecule has 0 spiro atoms. The second-order valence-corrected chi connectivity index (χ2v) is 27.8. The van der Waals surface area contributed by atoms with Crippen molar-refractivity contribution in [1.29, 1.82) is 0 Å². The van der Waals surface area contributed by atoms with Crippen molar-refractivity contribution in [3.05, 3.63) is 204 Å². The summed E-state index contributed by atoms with van der Waals surface area (Å²) in [5.41, 5.74) is 19.2. The van der Waals surface area contributed by atoms with Crippen LogP contribution in [0.1, 0.15) is 132 Å². The Morgan fingerprint density at radius 2 is 0.938 bits per heavy atom. The van der Waals surface area contributed by atoms with E-state index in [1.807, 2.05) is 6.20 Å². The number of hydrogen-bond acceptors (Lipinski definition) is 2. The third-order valence-corrected chi connectivity index (χ3v) is 16.9. The van der Waals surface area contributed by atoms with Gasteiger partial charge in [0.1, 0.15) is 28.7 Å². The normalized spacial score (nSPS) is 13.2. The number of fused-ring (bicyclic) bond motifs is 10. The SMILES string of the molecule is CC(C)(C)c1cc(-[n+]2cn(-c3cccc(Oc4ccc5c6cc(-c7ccc8c(c7)c7cc(C(C)(C)C)cc9c%10cc(C(C)(C)C)ccc%10n8c79)ccc6n(-c6cc(C(C)(C)C)ccn6)c5c4)c3)c3ccccc32)cc(C(C)(C)C)c1. The lowest BCUT2D eigenvalue weighted by Gasteiger charge is -2.25. The van der Waals surface area contributed by atoms with Crippen LogP contribution < -0.4 is 9.30 Å². The quantitative estimate of drug-likeness (QED) is 0.156. The Morgan fingerprint density at radius 3 is 1.59 bits per heavy atom. The van der Waals surface area contributed by atoms with E-state index in [0.717, 1.165) is 61.5 Å². The van der Waals surface area contributed by atoms with Crippen molar-refractivity contribution in [1.82, 2.24) is 18.5 Å². The van der Waals surface area contributed by atoms with Gasteiger partial charge >= 0.3 is 0 Å². The second-order valence-electron chi connectivity index (χ2n) is 27.8. The molecule has 0 bridgehead atoms. The summed E-state index contributed by atoms with van der Waals surface area (Å²) < 4.78 is 16.4. The van der Waals surface area contributed by atoms with Gasteiger partial charge in [0.25, 0.3) is 6.33 Å². The molecular weight excluding hydrogens is 975 g/mol. The molecule has 8 aromatic carbocycles. The Hall–Kier alpha value is -8.22. The van der Waals surface area contributed by atoms with Gasteiger partial charge < -0.3 is 9.14 Å². The molecule has 0 aliphatic rings. The van der Waals surface area contributed by atoms with Crippen LogP contribution in [0.5, 0.6) is 11.5 Å². The Bertz CT molecular complexity index is 4600. The van der Waals surface area contributed by atoms with E-state index in [1.165, 1.54) is 77.0 Å². The van der Waals surface area contributed by atoms with Crippen molar-refractivity contribution in [3.63, 3.8) is 0 Å². The molecule has 80 heavy (non-hydrogen) atoms.